The summed E-state index contributed by atoms with van der Waals surface area (Å²) in [6, 6.07) is 8.17. The highest BCUT2D eigenvalue weighted by atomic mass is 16.1. The van der Waals surface area contributed by atoms with Gasteiger partial charge in [0.25, 0.3) is 0 Å². The lowest BCUT2D eigenvalue weighted by Gasteiger charge is -2.02. The average Bonchev–Trinajstić information content (AvgIpc) is 2.27. The summed E-state index contributed by atoms with van der Waals surface area (Å²) in [5.41, 5.74) is 2.41. The first-order chi connectivity index (χ1) is 7.72. The van der Waals surface area contributed by atoms with E-state index in [0.29, 0.717) is 25.8 Å². The number of ketones is 1. The Morgan fingerprint density at radius 3 is 2.88 bits per heavy atom. The number of nitrogens with one attached hydrogen (secondary N) is 1. The van der Waals surface area contributed by atoms with Gasteiger partial charge in [-0.15, -0.1) is 0 Å². The Labute approximate surface area is 95.9 Å². The van der Waals surface area contributed by atoms with E-state index in [1.807, 2.05) is 25.1 Å². The van der Waals surface area contributed by atoms with Crippen molar-refractivity contribution >= 4 is 12.2 Å². The van der Waals surface area contributed by atoms with Gasteiger partial charge in [0.15, 0.2) is 0 Å². The normalized spacial score (nSPS) is 9.81. The van der Waals surface area contributed by atoms with Gasteiger partial charge in [-0.1, -0.05) is 29.8 Å². The van der Waals surface area contributed by atoms with Crippen molar-refractivity contribution in [2.45, 2.75) is 26.2 Å². The zero-order valence-corrected chi connectivity index (χ0v) is 9.53. The number of aryl methyl sites for hydroxylation is 2. The van der Waals surface area contributed by atoms with Crippen molar-refractivity contribution in [2.75, 3.05) is 6.54 Å². The number of amides is 1. The maximum Gasteiger partial charge on any atom is 0.207 e. The zero-order chi connectivity index (χ0) is 11.8. The average molecular weight is 219 g/mol. The van der Waals surface area contributed by atoms with Crippen LogP contribution in [0, 0.1) is 6.92 Å². The molecule has 3 heteroatoms. The number of hydrogen-bond acceptors (Lipinski definition) is 2. The number of carbonyl (C=O) groups is 2. The van der Waals surface area contributed by atoms with Gasteiger partial charge in [0.05, 0.1) is 0 Å². The van der Waals surface area contributed by atoms with Crippen molar-refractivity contribution in [3.63, 3.8) is 0 Å². The topological polar surface area (TPSA) is 46.2 Å². The van der Waals surface area contributed by atoms with Crippen molar-refractivity contribution in [3.05, 3.63) is 35.4 Å². The van der Waals surface area contributed by atoms with E-state index < -0.39 is 0 Å². The summed E-state index contributed by atoms with van der Waals surface area (Å²) in [5.74, 6) is 0.191. The molecule has 0 aliphatic heterocycles. The van der Waals surface area contributed by atoms with Gasteiger partial charge in [-0.25, -0.2) is 0 Å². The molecule has 0 aromatic heterocycles. The van der Waals surface area contributed by atoms with Crippen LogP contribution in [0.1, 0.15) is 24.0 Å². The summed E-state index contributed by atoms with van der Waals surface area (Å²) >= 11 is 0. The Morgan fingerprint density at radius 1 is 1.38 bits per heavy atom. The molecule has 0 aliphatic rings. The number of rotatable bonds is 7. The van der Waals surface area contributed by atoms with Crippen LogP contribution in [0.3, 0.4) is 0 Å². The molecule has 0 bridgehead atoms. The molecule has 0 atom stereocenters. The standard InChI is InChI=1S/C13H17NO2/c1-11-3-2-4-12(9-11)5-6-13(16)7-8-14-10-15/h2-4,9-10H,5-8H2,1H3,(H,14,15). The first-order valence-corrected chi connectivity index (χ1v) is 5.46. The third-order valence-electron chi connectivity index (χ3n) is 2.41. The van der Waals surface area contributed by atoms with Crippen LogP contribution in [0.4, 0.5) is 0 Å². The Morgan fingerprint density at radius 2 is 2.19 bits per heavy atom. The van der Waals surface area contributed by atoms with Crippen LogP contribution >= 0.6 is 0 Å². The lowest BCUT2D eigenvalue weighted by atomic mass is 10.0. The SMILES string of the molecule is Cc1cccc(CCC(=O)CCNC=O)c1. The quantitative estimate of drug-likeness (QED) is 0.559. The van der Waals surface area contributed by atoms with Gasteiger partial charge in [0.1, 0.15) is 5.78 Å². The van der Waals surface area contributed by atoms with E-state index >= 15 is 0 Å². The minimum Gasteiger partial charge on any atom is -0.358 e. The molecule has 0 unspecified atom stereocenters. The Balaban J connectivity index is 2.28. The number of hydrogen-bond donors (Lipinski definition) is 1. The van der Waals surface area contributed by atoms with Gasteiger partial charge in [-0.3, -0.25) is 9.59 Å². The van der Waals surface area contributed by atoms with Gasteiger partial charge in [0.2, 0.25) is 6.41 Å². The molecule has 1 N–H and O–H groups in total. The van der Waals surface area contributed by atoms with E-state index in [2.05, 4.69) is 11.4 Å². The molecule has 0 fully saturated rings. The van der Waals surface area contributed by atoms with Crippen LogP contribution in [0.5, 0.6) is 0 Å². The minimum absolute atomic E-state index is 0.191. The smallest absolute Gasteiger partial charge is 0.207 e. The Hall–Kier alpha value is -1.64. The molecule has 86 valence electrons. The molecule has 0 spiro atoms. The minimum atomic E-state index is 0.191. The highest BCUT2D eigenvalue weighted by molar-refractivity contribution is 5.79. The largest absolute Gasteiger partial charge is 0.358 e. The molecule has 0 saturated heterocycles. The maximum atomic E-state index is 11.4. The number of Topliss-reactive ketones (excluding diaryl/α,β-unsaturated/α-hetero) is 1. The van der Waals surface area contributed by atoms with Crippen molar-refractivity contribution in [3.8, 4) is 0 Å². The molecule has 0 heterocycles. The van der Waals surface area contributed by atoms with Crippen LogP contribution in [0.2, 0.25) is 0 Å². The summed E-state index contributed by atoms with van der Waals surface area (Å²) in [6.45, 7) is 2.48. The van der Waals surface area contributed by atoms with Gasteiger partial charge in [0, 0.05) is 19.4 Å². The molecule has 1 rings (SSSR count). The fraction of sp³-hybridized carbons (Fsp3) is 0.385. The predicted molar refractivity (Wildman–Crippen MR) is 63.2 cm³/mol. The van der Waals surface area contributed by atoms with Crippen LogP contribution in [-0.4, -0.2) is 18.7 Å². The Bertz CT molecular complexity index is 361. The maximum absolute atomic E-state index is 11.4. The van der Waals surface area contributed by atoms with E-state index in [1.54, 1.807) is 0 Å². The number of carbonyl (C=O) groups excluding carboxylic acids is 2. The van der Waals surface area contributed by atoms with E-state index in [9.17, 15) is 9.59 Å². The second-order valence-electron chi connectivity index (χ2n) is 3.85. The van der Waals surface area contributed by atoms with Crippen molar-refractivity contribution < 1.29 is 9.59 Å². The molecule has 1 amide bonds. The third-order valence-corrected chi connectivity index (χ3v) is 2.41. The second kappa shape index (κ2) is 6.77. The van der Waals surface area contributed by atoms with Crippen LogP contribution in [-0.2, 0) is 16.0 Å². The molecular weight excluding hydrogens is 202 g/mol. The fourth-order valence-corrected chi connectivity index (χ4v) is 1.55. The molecule has 1 aromatic rings. The van der Waals surface area contributed by atoms with Gasteiger partial charge in [-0.05, 0) is 18.9 Å². The van der Waals surface area contributed by atoms with Crippen molar-refractivity contribution in [1.82, 2.24) is 5.32 Å². The van der Waals surface area contributed by atoms with Crippen LogP contribution < -0.4 is 5.32 Å². The third kappa shape index (κ3) is 4.73. The molecule has 3 nitrogen and oxygen atoms in total. The monoisotopic (exact) mass is 219 g/mol. The zero-order valence-electron chi connectivity index (χ0n) is 9.53. The van der Waals surface area contributed by atoms with Gasteiger partial charge in [-0.2, -0.15) is 0 Å². The van der Waals surface area contributed by atoms with E-state index in [-0.39, 0.29) is 5.78 Å². The van der Waals surface area contributed by atoms with Crippen LogP contribution in [0.15, 0.2) is 24.3 Å². The van der Waals surface area contributed by atoms with E-state index in [1.165, 1.54) is 11.1 Å². The number of benzene rings is 1. The van der Waals surface area contributed by atoms with Gasteiger partial charge >= 0.3 is 0 Å². The molecule has 0 aliphatic carbocycles. The molecule has 0 radical (unpaired) electrons. The summed E-state index contributed by atoms with van der Waals surface area (Å²) in [7, 11) is 0. The lowest BCUT2D eigenvalue weighted by Crippen LogP contribution is -2.16. The fourth-order valence-electron chi connectivity index (χ4n) is 1.55. The highest BCUT2D eigenvalue weighted by Gasteiger charge is 2.02. The van der Waals surface area contributed by atoms with Crippen molar-refractivity contribution in [1.29, 1.82) is 0 Å². The first kappa shape index (κ1) is 12.4. The molecule has 1 aromatic carbocycles. The Kier molecular flexibility index (Phi) is 5.26. The second-order valence-corrected chi connectivity index (χ2v) is 3.85. The summed E-state index contributed by atoms with van der Waals surface area (Å²) in [4.78, 5) is 21.4. The molecular formula is C13H17NO2. The van der Waals surface area contributed by atoms with Gasteiger partial charge < -0.3 is 5.32 Å². The predicted octanol–water partition coefficient (Wildman–Crippen LogP) is 1.63. The summed E-state index contributed by atoms with van der Waals surface area (Å²) in [6.07, 6.45) is 2.37. The highest BCUT2D eigenvalue weighted by Crippen LogP contribution is 2.07. The van der Waals surface area contributed by atoms with Crippen LogP contribution in [0.25, 0.3) is 0 Å². The molecule has 16 heavy (non-hydrogen) atoms. The van der Waals surface area contributed by atoms with Crippen molar-refractivity contribution in [2.24, 2.45) is 0 Å². The van der Waals surface area contributed by atoms with E-state index in [4.69, 9.17) is 0 Å². The lowest BCUT2D eigenvalue weighted by molar-refractivity contribution is -0.119. The summed E-state index contributed by atoms with van der Waals surface area (Å²) in [5, 5.41) is 2.49. The first-order valence-electron chi connectivity index (χ1n) is 5.46. The summed E-state index contributed by atoms with van der Waals surface area (Å²) < 4.78 is 0. The van der Waals surface area contributed by atoms with E-state index in [0.717, 1.165) is 6.42 Å². The molecule has 0 saturated carbocycles.